The van der Waals surface area contributed by atoms with Gasteiger partial charge in [-0.2, -0.15) is 10.1 Å². The molecule has 25 heavy (non-hydrogen) atoms. The van der Waals surface area contributed by atoms with Crippen LogP contribution in [-0.4, -0.2) is 26.7 Å². The first-order valence-corrected chi connectivity index (χ1v) is 7.78. The second-order valence-corrected chi connectivity index (χ2v) is 6.00. The number of non-ortho nitro benzene ring substituents is 1. The lowest BCUT2D eigenvalue weighted by atomic mass is 9.97. The molecule has 0 unspecified atom stereocenters. The Balaban J connectivity index is 1.83. The minimum absolute atomic E-state index is 0.0100. The molecule has 0 fully saturated rings. The first-order chi connectivity index (χ1) is 11.9. The summed E-state index contributed by atoms with van der Waals surface area (Å²) in [6.07, 6.45) is 0.229. The van der Waals surface area contributed by atoms with Crippen molar-refractivity contribution in [3.63, 3.8) is 0 Å². The number of nitro groups is 1. The fourth-order valence-electron chi connectivity index (χ4n) is 2.90. The number of carbonyl (C=O) groups excluding carboxylic acids is 1. The Bertz CT molecular complexity index is 833. The van der Waals surface area contributed by atoms with E-state index >= 15 is 0 Å². The molecular formula is C18H17N3O4. The van der Waals surface area contributed by atoms with Crippen molar-refractivity contribution in [2.24, 2.45) is 5.10 Å². The van der Waals surface area contributed by atoms with Crippen LogP contribution in [0.2, 0.25) is 0 Å². The van der Waals surface area contributed by atoms with E-state index in [4.69, 9.17) is 0 Å². The third kappa shape index (κ3) is 3.27. The molecule has 1 N–H and O–H groups in total. The predicted molar refractivity (Wildman–Crippen MR) is 91.7 cm³/mol. The summed E-state index contributed by atoms with van der Waals surface area (Å²) in [7, 11) is 0. The molecule has 0 saturated heterocycles. The Morgan fingerprint density at radius 1 is 1.24 bits per heavy atom. The summed E-state index contributed by atoms with van der Waals surface area (Å²) in [5.41, 5.74) is 0.317. The van der Waals surface area contributed by atoms with Gasteiger partial charge in [0, 0.05) is 29.8 Å². The molecule has 3 rings (SSSR count). The highest BCUT2D eigenvalue weighted by atomic mass is 16.6. The number of nitrogens with zero attached hydrogens (tertiary/aromatic N) is 3. The number of hydrogen-bond donors (Lipinski definition) is 1. The van der Waals surface area contributed by atoms with Gasteiger partial charge in [0.15, 0.2) is 5.72 Å². The van der Waals surface area contributed by atoms with E-state index in [2.05, 4.69) is 5.10 Å². The van der Waals surface area contributed by atoms with Gasteiger partial charge in [0.25, 0.3) is 5.69 Å². The number of rotatable bonds is 4. The Morgan fingerprint density at radius 3 is 2.48 bits per heavy atom. The van der Waals surface area contributed by atoms with Crippen LogP contribution in [0.1, 0.15) is 24.5 Å². The zero-order chi connectivity index (χ0) is 18.0. The van der Waals surface area contributed by atoms with Crippen LogP contribution < -0.4 is 0 Å². The maximum Gasteiger partial charge on any atom is 0.269 e. The quantitative estimate of drug-likeness (QED) is 0.684. The maximum atomic E-state index is 12.7. The molecular weight excluding hydrogens is 322 g/mol. The molecule has 2 aromatic carbocycles. The fraction of sp³-hybridized carbons (Fsp3) is 0.222. The first kappa shape index (κ1) is 16.8. The van der Waals surface area contributed by atoms with Crippen molar-refractivity contribution in [2.45, 2.75) is 25.5 Å². The number of hydrazone groups is 1. The van der Waals surface area contributed by atoms with Crippen molar-refractivity contribution in [3.8, 4) is 0 Å². The summed E-state index contributed by atoms with van der Waals surface area (Å²) in [5, 5.41) is 27.1. The minimum Gasteiger partial charge on any atom is -0.365 e. The van der Waals surface area contributed by atoms with Crippen LogP contribution in [-0.2, 0) is 16.9 Å². The second kappa shape index (κ2) is 6.45. The lowest BCUT2D eigenvalue weighted by Crippen LogP contribution is -2.44. The highest BCUT2D eigenvalue weighted by Gasteiger charge is 2.44. The molecule has 0 spiro atoms. The molecule has 1 aliphatic heterocycles. The number of benzene rings is 2. The molecule has 1 amide bonds. The Kier molecular flexibility index (Phi) is 4.33. The Hall–Kier alpha value is -3.06. The number of amides is 1. The second-order valence-electron chi connectivity index (χ2n) is 6.00. The molecule has 7 nitrogen and oxygen atoms in total. The van der Waals surface area contributed by atoms with Gasteiger partial charge in [-0.25, -0.2) is 0 Å². The molecule has 0 saturated carbocycles. The van der Waals surface area contributed by atoms with Crippen molar-refractivity contribution in [1.82, 2.24) is 5.01 Å². The molecule has 1 atom stereocenters. The van der Waals surface area contributed by atoms with Crippen molar-refractivity contribution in [1.29, 1.82) is 0 Å². The number of aliphatic hydroxyl groups is 1. The Morgan fingerprint density at radius 2 is 1.88 bits per heavy atom. The summed E-state index contributed by atoms with van der Waals surface area (Å²) in [6.45, 7) is 1.76. The predicted octanol–water partition coefficient (Wildman–Crippen LogP) is 2.59. The minimum atomic E-state index is -1.51. The zero-order valence-corrected chi connectivity index (χ0v) is 13.6. The van der Waals surface area contributed by atoms with Crippen LogP contribution in [0.4, 0.5) is 5.69 Å². The molecule has 1 heterocycles. The van der Waals surface area contributed by atoms with Crippen LogP contribution in [0.5, 0.6) is 0 Å². The van der Waals surface area contributed by atoms with Crippen LogP contribution in [0.15, 0.2) is 59.7 Å². The van der Waals surface area contributed by atoms with Gasteiger partial charge in [-0.3, -0.25) is 14.9 Å². The van der Waals surface area contributed by atoms with Gasteiger partial charge in [-0.15, -0.1) is 0 Å². The molecule has 2 aromatic rings. The van der Waals surface area contributed by atoms with E-state index in [1.165, 1.54) is 24.3 Å². The van der Waals surface area contributed by atoms with Crippen LogP contribution in [0.25, 0.3) is 0 Å². The van der Waals surface area contributed by atoms with E-state index in [9.17, 15) is 20.0 Å². The average Bonchev–Trinajstić information content (AvgIpc) is 2.92. The molecule has 0 aromatic heterocycles. The maximum absolute atomic E-state index is 12.7. The van der Waals surface area contributed by atoms with E-state index in [1.54, 1.807) is 31.2 Å². The summed E-state index contributed by atoms with van der Waals surface area (Å²) in [6, 6.07) is 14.7. The van der Waals surface area contributed by atoms with E-state index in [1.807, 2.05) is 6.07 Å². The van der Waals surface area contributed by atoms with Gasteiger partial charge >= 0.3 is 0 Å². The molecule has 128 valence electrons. The lowest BCUT2D eigenvalue weighted by molar-refractivity contribution is -0.384. The van der Waals surface area contributed by atoms with Crippen molar-refractivity contribution >= 4 is 17.3 Å². The topological polar surface area (TPSA) is 96.0 Å². The standard InChI is InChI=1S/C18H17N3O4/c1-13-12-18(23,15-5-3-2-4-6-15)20(19-13)17(22)11-14-7-9-16(10-8-14)21(24)25/h2-10,23H,11-12H2,1H3/t18-/m1/s1. The molecule has 1 aliphatic rings. The monoisotopic (exact) mass is 339 g/mol. The zero-order valence-electron chi connectivity index (χ0n) is 13.6. The SMILES string of the molecule is CC1=NN(C(=O)Cc2ccc([N+](=O)[O-])cc2)[C@](O)(c2ccccc2)C1. The van der Waals surface area contributed by atoms with Gasteiger partial charge in [0.05, 0.1) is 11.3 Å². The highest BCUT2D eigenvalue weighted by molar-refractivity contribution is 5.89. The van der Waals surface area contributed by atoms with E-state index in [0.717, 1.165) is 5.01 Å². The fourth-order valence-corrected chi connectivity index (χ4v) is 2.90. The van der Waals surface area contributed by atoms with Gasteiger partial charge in [-0.1, -0.05) is 42.5 Å². The summed E-state index contributed by atoms with van der Waals surface area (Å²) in [5.74, 6) is -0.378. The number of carbonyl (C=O) groups is 1. The van der Waals surface area contributed by atoms with Gasteiger partial charge in [0.2, 0.25) is 5.91 Å². The number of nitro benzene ring substituents is 1. The molecule has 0 aliphatic carbocycles. The summed E-state index contributed by atoms with van der Waals surface area (Å²) < 4.78 is 0. The normalized spacial score (nSPS) is 19.6. The van der Waals surface area contributed by atoms with Gasteiger partial charge in [-0.05, 0) is 12.5 Å². The smallest absolute Gasteiger partial charge is 0.269 e. The lowest BCUT2D eigenvalue weighted by Gasteiger charge is -2.31. The first-order valence-electron chi connectivity index (χ1n) is 7.78. The van der Waals surface area contributed by atoms with Crippen LogP contribution in [0.3, 0.4) is 0 Å². The highest BCUT2D eigenvalue weighted by Crippen LogP contribution is 2.35. The molecule has 0 bridgehead atoms. The van der Waals surface area contributed by atoms with Crippen LogP contribution >= 0.6 is 0 Å². The molecule has 7 heteroatoms. The third-order valence-electron chi connectivity index (χ3n) is 4.10. The van der Waals surface area contributed by atoms with E-state index < -0.39 is 10.6 Å². The van der Waals surface area contributed by atoms with Gasteiger partial charge < -0.3 is 5.11 Å². The average molecular weight is 339 g/mol. The van der Waals surface area contributed by atoms with Crippen molar-refractivity contribution in [2.75, 3.05) is 0 Å². The summed E-state index contributed by atoms with van der Waals surface area (Å²) in [4.78, 5) is 22.9. The van der Waals surface area contributed by atoms with Crippen molar-refractivity contribution < 1.29 is 14.8 Å². The Labute approximate surface area is 144 Å². The van der Waals surface area contributed by atoms with Gasteiger partial charge in [0.1, 0.15) is 0 Å². The molecule has 0 radical (unpaired) electrons. The largest absolute Gasteiger partial charge is 0.365 e. The number of hydrogen-bond acceptors (Lipinski definition) is 5. The van der Waals surface area contributed by atoms with E-state index in [-0.39, 0.29) is 24.4 Å². The third-order valence-corrected chi connectivity index (χ3v) is 4.10. The van der Waals surface area contributed by atoms with Crippen LogP contribution in [0, 0.1) is 10.1 Å². The van der Waals surface area contributed by atoms with E-state index in [0.29, 0.717) is 16.8 Å². The van der Waals surface area contributed by atoms with Crippen molar-refractivity contribution in [3.05, 3.63) is 75.8 Å². The summed E-state index contributed by atoms with van der Waals surface area (Å²) >= 11 is 0.